The van der Waals surface area contributed by atoms with Crippen molar-refractivity contribution in [2.45, 2.75) is 225 Å². The minimum atomic E-state index is -1.16. The minimum Gasteiger partial charge on any atom is -0.394 e. The van der Waals surface area contributed by atoms with Crippen molar-refractivity contribution in [3.8, 4) is 0 Å². The molecule has 0 rings (SSSR count). The minimum absolute atomic E-state index is 0.160. The molecule has 4 N–H and O–H groups in total. The third-order valence-electron chi connectivity index (χ3n) is 9.28. The lowest BCUT2D eigenvalue weighted by atomic mass is 10.0. The van der Waals surface area contributed by atoms with Gasteiger partial charge < -0.3 is 20.6 Å². The normalized spacial score (nSPS) is 13.9. The Morgan fingerprint density at radius 3 is 1.28 bits per heavy atom. The molecule has 3 atom stereocenters. The van der Waals surface area contributed by atoms with Crippen LogP contribution in [0, 0.1) is 0 Å². The summed E-state index contributed by atoms with van der Waals surface area (Å²) >= 11 is 0. The van der Waals surface area contributed by atoms with Crippen LogP contribution in [-0.2, 0) is 4.79 Å². The van der Waals surface area contributed by atoms with Gasteiger partial charge in [0.15, 0.2) is 0 Å². The molecule has 0 bridgehead atoms. The molecular formula is C41H79NO4. The van der Waals surface area contributed by atoms with Crippen molar-refractivity contribution in [1.29, 1.82) is 0 Å². The molecule has 272 valence electrons. The zero-order valence-electron chi connectivity index (χ0n) is 30.7. The van der Waals surface area contributed by atoms with Gasteiger partial charge in [0.1, 0.15) is 6.10 Å². The highest BCUT2D eigenvalue weighted by molar-refractivity contribution is 5.76. The molecule has 0 aromatic heterocycles. The number of amides is 1. The maximum Gasteiger partial charge on any atom is 0.220 e. The first-order chi connectivity index (χ1) is 22.6. The largest absolute Gasteiger partial charge is 0.394 e. The number of hydrogen-bond acceptors (Lipinski definition) is 4. The number of aliphatic hydroxyl groups is 3. The highest BCUT2D eigenvalue weighted by Crippen LogP contribution is 2.14. The van der Waals surface area contributed by atoms with Gasteiger partial charge in [0.05, 0.1) is 18.8 Å². The van der Waals surface area contributed by atoms with E-state index in [0.29, 0.717) is 12.8 Å². The molecule has 0 saturated carbocycles. The second-order valence-corrected chi connectivity index (χ2v) is 13.8. The van der Waals surface area contributed by atoms with E-state index in [0.717, 1.165) is 38.5 Å². The molecule has 0 spiro atoms. The number of unbranched alkanes of at least 4 members (excludes halogenated alkanes) is 24. The summed E-state index contributed by atoms with van der Waals surface area (Å²) < 4.78 is 0. The Hall–Kier alpha value is -1.17. The first-order valence-electron chi connectivity index (χ1n) is 20.1. The van der Waals surface area contributed by atoms with Crippen molar-refractivity contribution < 1.29 is 20.1 Å². The summed E-state index contributed by atoms with van der Waals surface area (Å²) in [6.07, 6.45) is 42.7. The van der Waals surface area contributed by atoms with Gasteiger partial charge in [-0.2, -0.15) is 0 Å². The summed E-state index contributed by atoms with van der Waals surface area (Å²) in [7, 11) is 0. The smallest absolute Gasteiger partial charge is 0.220 e. The van der Waals surface area contributed by atoms with Gasteiger partial charge in [-0.25, -0.2) is 0 Å². The van der Waals surface area contributed by atoms with Crippen LogP contribution in [0.2, 0.25) is 0 Å². The standard InChI is InChI=1S/C41H79NO4/c1-3-5-7-9-11-13-15-17-19-20-22-23-25-27-29-31-33-35-39(44)41(46)38(37-43)42-40(45)36-34-32-30-28-26-24-21-18-16-14-12-10-8-6-4-2/h14,16,27,29,38-39,41,43-44,46H,3-13,15,17-26,28,30-37H2,1-2H3,(H,42,45)/b16-14-,29-27+. The molecule has 3 unspecified atom stereocenters. The van der Waals surface area contributed by atoms with Gasteiger partial charge in [0, 0.05) is 6.42 Å². The number of carbonyl (C=O) groups excluding carboxylic acids is 1. The van der Waals surface area contributed by atoms with Crippen molar-refractivity contribution in [2.24, 2.45) is 0 Å². The van der Waals surface area contributed by atoms with Crippen LogP contribution in [0.1, 0.15) is 206 Å². The molecule has 0 heterocycles. The molecule has 0 aliphatic heterocycles. The molecule has 5 nitrogen and oxygen atoms in total. The van der Waals surface area contributed by atoms with Gasteiger partial charge in [0.2, 0.25) is 5.91 Å². The number of hydrogen-bond donors (Lipinski definition) is 4. The molecule has 0 radical (unpaired) electrons. The molecule has 1 amide bonds. The van der Waals surface area contributed by atoms with Crippen LogP contribution in [-0.4, -0.2) is 46.1 Å². The third-order valence-corrected chi connectivity index (χ3v) is 9.28. The number of rotatable bonds is 36. The average Bonchev–Trinajstić information content (AvgIpc) is 3.06. The molecular weight excluding hydrogens is 570 g/mol. The van der Waals surface area contributed by atoms with E-state index in [1.165, 1.54) is 141 Å². The van der Waals surface area contributed by atoms with Crippen molar-refractivity contribution in [1.82, 2.24) is 5.32 Å². The second kappa shape index (κ2) is 36.7. The van der Waals surface area contributed by atoms with E-state index in [1.54, 1.807) is 0 Å². The maximum absolute atomic E-state index is 12.4. The molecule has 5 heteroatoms. The Morgan fingerprint density at radius 2 is 0.870 bits per heavy atom. The molecule has 0 aromatic carbocycles. The van der Waals surface area contributed by atoms with Gasteiger partial charge in [0.25, 0.3) is 0 Å². The highest BCUT2D eigenvalue weighted by Gasteiger charge is 2.26. The molecule has 0 aliphatic carbocycles. The summed E-state index contributed by atoms with van der Waals surface area (Å²) in [5.41, 5.74) is 0. The summed E-state index contributed by atoms with van der Waals surface area (Å²) in [4.78, 5) is 12.4. The van der Waals surface area contributed by atoms with Crippen LogP contribution in [0.3, 0.4) is 0 Å². The molecule has 0 fully saturated rings. The van der Waals surface area contributed by atoms with E-state index in [-0.39, 0.29) is 12.5 Å². The summed E-state index contributed by atoms with van der Waals surface area (Å²) in [6, 6.07) is -0.825. The molecule has 0 saturated heterocycles. The van der Waals surface area contributed by atoms with Crippen molar-refractivity contribution in [2.75, 3.05) is 6.61 Å². The van der Waals surface area contributed by atoms with Crippen LogP contribution < -0.4 is 5.32 Å². The fraction of sp³-hybridized carbons (Fsp3) is 0.878. The topological polar surface area (TPSA) is 89.8 Å². The van der Waals surface area contributed by atoms with E-state index in [2.05, 4.69) is 43.5 Å². The number of carbonyl (C=O) groups is 1. The Balaban J connectivity index is 3.71. The Labute approximate surface area is 286 Å². The summed E-state index contributed by atoms with van der Waals surface area (Å²) in [5.74, 6) is -0.160. The van der Waals surface area contributed by atoms with E-state index >= 15 is 0 Å². The first kappa shape index (κ1) is 44.8. The van der Waals surface area contributed by atoms with Gasteiger partial charge in [-0.3, -0.25) is 4.79 Å². The third kappa shape index (κ3) is 31.4. The lowest BCUT2D eigenvalue weighted by Crippen LogP contribution is -2.50. The van der Waals surface area contributed by atoms with Gasteiger partial charge in [-0.1, -0.05) is 160 Å². The molecule has 46 heavy (non-hydrogen) atoms. The zero-order valence-corrected chi connectivity index (χ0v) is 30.7. The SMILES string of the molecule is CCCCCC/C=C\CCCCCCCCCC(=O)NC(CO)C(O)C(O)CCC/C=C/CCCCCCCCCCCCCC. The lowest BCUT2D eigenvalue weighted by Gasteiger charge is -2.26. The quantitative estimate of drug-likeness (QED) is 0.0401. The van der Waals surface area contributed by atoms with Crippen LogP contribution in [0.4, 0.5) is 0 Å². The van der Waals surface area contributed by atoms with E-state index < -0.39 is 18.2 Å². The number of aliphatic hydroxyl groups excluding tert-OH is 3. The van der Waals surface area contributed by atoms with Crippen molar-refractivity contribution in [3.63, 3.8) is 0 Å². The summed E-state index contributed by atoms with van der Waals surface area (Å²) in [5, 5.41) is 33.4. The second-order valence-electron chi connectivity index (χ2n) is 13.8. The monoisotopic (exact) mass is 650 g/mol. The fourth-order valence-corrected chi connectivity index (χ4v) is 6.10. The predicted molar refractivity (Wildman–Crippen MR) is 199 cm³/mol. The average molecular weight is 650 g/mol. The summed E-state index contributed by atoms with van der Waals surface area (Å²) in [6.45, 7) is 4.15. The van der Waals surface area contributed by atoms with Crippen LogP contribution in [0.25, 0.3) is 0 Å². The van der Waals surface area contributed by atoms with E-state index in [4.69, 9.17) is 0 Å². The predicted octanol–water partition coefficient (Wildman–Crippen LogP) is 11.0. The highest BCUT2D eigenvalue weighted by atomic mass is 16.3. The van der Waals surface area contributed by atoms with E-state index in [9.17, 15) is 20.1 Å². The van der Waals surface area contributed by atoms with Crippen LogP contribution in [0.5, 0.6) is 0 Å². The maximum atomic E-state index is 12.4. The van der Waals surface area contributed by atoms with E-state index in [1.807, 2.05) is 0 Å². The van der Waals surface area contributed by atoms with Gasteiger partial charge >= 0.3 is 0 Å². The van der Waals surface area contributed by atoms with Crippen LogP contribution >= 0.6 is 0 Å². The number of allylic oxidation sites excluding steroid dienone is 4. The Morgan fingerprint density at radius 1 is 0.522 bits per heavy atom. The zero-order chi connectivity index (χ0) is 33.8. The first-order valence-corrected chi connectivity index (χ1v) is 20.1. The van der Waals surface area contributed by atoms with Crippen LogP contribution in [0.15, 0.2) is 24.3 Å². The molecule has 0 aliphatic rings. The Bertz CT molecular complexity index is 679. The lowest BCUT2D eigenvalue weighted by molar-refractivity contribution is -0.124. The number of nitrogens with one attached hydrogen (secondary N) is 1. The molecule has 0 aromatic rings. The van der Waals surface area contributed by atoms with Crippen molar-refractivity contribution in [3.05, 3.63) is 24.3 Å². The van der Waals surface area contributed by atoms with Gasteiger partial charge in [-0.05, 0) is 64.2 Å². The fourth-order valence-electron chi connectivity index (χ4n) is 6.10. The Kier molecular flexibility index (Phi) is 35.7. The van der Waals surface area contributed by atoms with Gasteiger partial charge in [-0.15, -0.1) is 0 Å². The van der Waals surface area contributed by atoms with Crippen molar-refractivity contribution >= 4 is 5.91 Å².